The number of anilines is 2. The quantitative estimate of drug-likeness (QED) is 0.518. The molecule has 1 atom stereocenters. The van der Waals surface area contributed by atoms with Crippen LogP contribution in [0.1, 0.15) is 61.8 Å². The molecule has 2 aromatic carbocycles. The summed E-state index contributed by atoms with van der Waals surface area (Å²) >= 11 is 0. The van der Waals surface area contributed by atoms with E-state index in [0.717, 1.165) is 6.42 Å². The highest BCUT2D eigenvalue weighted by molar-refractivity contribution is 5.97. The molecule has 4 N–H and O–H groups in total. The average molecular weight is 425 g/mol. The Kier molecular flexibility index (Phi) is 8.19. The van der Waals surface area contributed by atoms with Crippen molar-refractivity contribution in [3.05, 3.63) is 59.7 Å². The lowest BCUT2D eigenvalue weighted by Gasteiger charge is -2.20. The first-order valence-electron chi connectivity index (χ1n) is 10.4. The maximum absolute atomic E-state index is 12.3. The predicted molar refractivity (Wildman–Crippen MR) is 124 cm³/mol. The Labute approximate surface area is 184 Å². The Bertz CT molecular complexity index is 917. The van der Waals surface area contributed by atoms with Crippen LogP contribution in [-0.4, -0.2) is 35.8 Å². The molecule has 0 aliphatic carbocycles. The largest absolute Gasteiger partial charge is 0.376 e. The fourth-order valence-electron chi connectivity index (χ4n) is 2.68. The summed E-state index contributed by atoms with van der Waals surface area (Å²) in [5.74, 6) is -0.538. The van der Waals surface area contributed by atoms with Crippen molar-refractivity contribution in [2.45, 2.75) is 52.6 Å². The maximum atomic E-state index is 12.3. The maximum Gasteiger partial charge on any atom is 0.251 e. The molecule has 0 heterocycles. The van der Waals surface area contributed by atoms with E-state index in [4.69, 9.17) is 0 Å². The van der Waals surface area contributed by atoms with E-state index in [1.807, 2.05) is 34.6 Å². The SMILES string of the molecule is CCC(C)NC(=O)c1cccc(NCC(=O)Nc2ccc(C(=O)NC(C)(C)C)cc2)c1. The number of carbonyl (C=O) groups excluding carboxylic acids is 3. The normalized spacial score (nSPS) is 11.9. The molecule has 0 aromatic heterocycles. The van der Waals surface area contributed by atoms with Gasteiger partial charge >= 0.3 is 0 Å². The van der Waals surface area contributed by atoms with E-state index in [-0.39, 0.29) is 35.8 Å². The van der Waals surface area contributed by atoms with Crippen molar-refractivity contribution >= 4 is 29.1 Å². The number of amides is 3. The van der Waals surface area contributed by atoms with Gasteiger partial charge in [-0.2, -0.15) is 0 Å². The molecule has 0 saturated heterocycles. The minimum atomic E-state index is -0.318. The van der Waals surface area contributed by atoms with Crippen molar-refractivity contribution in [1.29, 1.82) is 0 Å². The Morgan fingerprint density at radius 3 is 2.19 bits per heavy atom. The van der Waals surface area contributed by atoms with Crippen LogP contribution in [0.2, 0.25) is 0 Å². The molecule has 0 fully saturated rings. The van der Waals surface area contributed by atoms with Crippen LogP contribution in [-0.2, 0) is 4.79 Å². The standard InChI is InChI=1S/C24H32N4O3/c1-6-16(2)26-22(30)18-8-7-9-20(14-18)25-15-21(29)27-19-12-10-17(11-13-19)23(31)28-24(3,4)5/h7-14,16,25H,6,15H2,1-5H3,(H,26,30)(H,27,29)(H,28,31). The molecule has 7 heteroatoms. The smallest absolute Gasteiger partial charge is 0.251 e. The Balaban J connectivity index is 1.89. The average Bonchev–Trinajstić information content (AvgIpc) is 2.71. The first-order valence-corrected chi connectivity index (χ1v) is 10.4. The number of nitrogens with one attached hydrogen (secondary N) is 4. The van der Waals surface area contributed by atoms with E-state index in [1.54, 1.807) is 48.5 Å². The molecular formula is C24H32N4O3. The van der Waals surface area contributed by atoms with Crippen LogP contribution in [0.4, 0.5) is 11.4 Å². The Morgan fingerprint density at radius 1 is 0.903 bits per heavy atom. The second kappa shape index (κ2) is 10.6. The van der Waals surface area contributed by atoms with E-state index >= 15 is 0 Å². The van der Waals surface area contributed by atoms with Gasteiger partial charge in [-0.3, -0.25) is 14.4 Å². The first kappa shape index (κ1) is 23.9. The lowest BCUT2D eigenvalue weighted by Crippen LogP contribution is -2.40. The highest BCUT2D eigenvalue weighted by Crippen LogP contribution is 2.13. The number of hydrogen-bond acceptors (Lipinski definition) is 4. The molecular weight excluding hydrogens is 392 g/mol. The molecule has 0 spiro atoms. The number of benzene rings is 2. The predicted octanol–water partition coefficient (Wildman–Crippen LogP) is 3.79. The van der Waals surface area contributed by atoms with E-state index in [2.05, 4.69) is 21.3 Å². The minimum absolute atomic E-state index is 0.0443. The topological polar surface area (TPSA) is 99.3 Å². The van der Waals surface area contributed by atoms with Crippen LogP contribution in [0, 0.1) is 0 Å². The molecule has 0 aliphatic heterocycles. The summed E-state index contributed by atoms with van der Waals surface area (Å²) in [5, 5.41) is 11.6. The Morgan fingerprint density at radius 2 is 1.58 bits per heavy atom. The van der Waals surface area contributed by atoms with Crippen molar-refractivity contribution in [2.24, 2.45) is 0 Å². The second-order valence-electron chi connectivity index (χ2n) is 8.55. The summed E-state index contributed by atoms with van der Waals surface area (Å²) in [6.45, 7) is 9.76. The van der Waals surface area contributed by atoms with Crippen LogP contribution >= 0.6 is 0 Å². The zero-order valence-electron chi connectivity index (χ0n) is 18.8. The van der Waals surface area contributed by atoms with E-state index in [1.165, 1.54) is 0 Å². The molecule has 166 valence electrons. The number of hydrogen-bond donors (Lipinski definition) is 4. The van der Waals surface area contributed by atoms with Gasteiger partial charge < -0.3 is 21.3 Å². The van der Waals surface area contributed by atoms with Gasteiger partial charge in [0.15, 0.2) is 0 Å². The summed E-state index contributed by atoms with van der Waals surface area (Å²) in [5.41, 5.74) is 2.03. The van der Waals surface area contributed by atoms with Crippen LogP contribution in [0.25, 0.3) is 0 Å². The molecule has 0 aliphatic rings. The van der Waals surface area contributed by atoms with Gasteiger partial charge in [0.05, 0.1) is 6.54 Å². The van der Waals surface area contributed by atoms with Crippen LogP contribution < -0.4 is 21.3 Å². The summed E-state index contributed by atoms with van der Waals surface area (Å²) < 4.78 is 0. The van der Waals surface area contributed by atoms with E-state index < -0.39 is 0 Å². The van der Waals surface area contributed by atoms with Gasteiger partial charge in [-0.05, 0) is 76.6 Å². The lowest BCUT2D eigenvalue weighted by atomic mass is 10.1. The van der Waals surface area contributed by atoms with Crippen LogP contribution in [0.3, 0.4) is 0 Å². The van der Waals surface area contributed by atoms with Gasteiger partial charge in [0.25, 0.3) is 11.8 Å². The van der Waals surface area contributed by atoms with Gasteiger partial charge in [0.1, 0.15) is 0 Å². The molecule has 0 bridgehead atoms. The lowest BCUT2D eigenvalue weighted by molar-refractivity contribution is -0.114. The summed E-state index contributed by atoms with van der Waals surface area (Å²) in [6, 6.07) is 13.8. The fourth-order valence-corrected chi connectivity index (χ4v) is 2.68. The highest BCUT2D eigenvalue weighted by Gasteiger charge is 2.15. The summed E-state index contributed by atoms with van der Waals surface area (Å²) in [7, 11) is 0. The van der Waals surface area contributed by atoms with Crippen LogP contribution in [0.5, 0.6) is 0 Å². The Hall–Kier alpha value is -3.35. The van der Waals surface area contributed by atoms with Gasteiger partial charge in [-0.1, -0.05) is 13.0 Å². The minimum Gasteiger partial charge on any atom is -0.376 e. The van der Waals surface area contributed by atoms with Gasteiger partial charge in [0, 0.05) is 34.1 Å². The third-order valence-corrected chi connectivity index (χ3v) is 4.49. The van der Waals surface area contributed by atoms with Crippen molar-refractivity contribution in [3.8, 4) is 0 Å². The molecule has 7 nitrogen and oxygen atoms in total. The monoisotopic (exact) mass is 424 g/mol. The van der Waals surface area contributed by atoms with Crippen molar-refractivity contribution in [2.75, 3.05) is 17.2 Å². The van der Waals surface area contributed by atoms with Crippen molar-refractivity contribution in [1.82, 2.24) is 10.6 Å². The first-order chi connectivity index (χ1) is 14.6. The third-order valence-electron chi connectivity index (χ3n) is 4.49. The zero-order chi connectivity index (χ0) is 23.0. The van der Waals surface area contributed by atoms with Crippen molar-refractivity contribution < 1.29 is 14.4 Å². The molecule has 1 unspecified atom stereocenters. The van der Waals surface area contributed by atoms with Gasteiger partial charge in [-0.15, -0.1) is 0 Å². The molecule has 0 radical (unpaired) electrons. The van der Waals surface area contributed by atoms with Gasteiger partial charge in [0.2, 0.25) is 5.91 Å². The van der Waals surface area contributed by atoms with Crippen molar-refractivity contribution in [3.63, 3.8) is 0 Å². The zero-order valence-corrected chi connectivity index (χ0v) is 18.8. The van der Waals surface area contributed by atoms with E-state index in [9.17, 15) is 14.4 Å². The molecule has 3 amide bonds. The summed E-state index contributed by atoms with van der Waals surface area (Å²) in [6.07, 6.45) is 0.853. The number of carbonyl (C=O) groups is 3. The molecule has 0 saturated carbocycles. The van der Waals surface area contributed by atoms with Crippen LogP contribution in [0.15, 0.2) is 48.5 Å². The summed E-state index contributed by atoms with van der Waals surface area (Å²) in [4.78, 5) is 36.7. The molecule has 2 aromatic rings. The molecule has 2 rings (SSSR count). The van der Waals surface area contributed by atoms with E-state index in [0.29, 0.717) is 22.5 Å². The fraction of sp³-hybridized carbons (Fsp3) is 0.375. The highest BCUT2D eigenvalue weighted by atomic mass is 16.2. The number of rotatable bonds is 8. The molecule has 31 heavy (non-hydrogen) atoms. The van der Waals surface area contributed by atoms with Gasteiger partial charge in [-0.25, -0.2) is 0 Å². The third kappa shape index (κ3) is 8.12. The second-order valence-corrected chi connectivity index (χ2v) is 8.55.